The molecule has 0 aliphatic carbocycles. The van der Waals surface area contributed by atoms with Crippen LogP contribution in [0.3, 0.4) is 0 Å². The summed E-state index contributed by atoms with van der Waals surface area (Å²) in [7, 11) is 0. The van der Waals surface area contributed by atoms with E-state index in [0.717, 1.165) is 16.7 Å². The van der Waals surface area contributed by atoms with Crippen molar-refractivity contribution in [3.8, 4) is 0 Å². The van der Waals surface area contributed by atoms with Crippen molar-refractivity contribution >= 4 is 21.6 Å². The molecule has 1 rings (SSSR count). The molecule has 0 spiro atoms. The van der Waals surface area contributed by atoms with Gasteiger partial charge in [0.25, 0.3) is 0 Å². The van der Waals surface area contributed by atoms with Crippen LogP contribution in [-0.4, -0.2) is 13.2 Å². The molecule has 0 amide bonds. The van der Waals surface area contributed by atoms with Gasteiger partial charge in [0, 0.05) is 16.7 Å². The molecule has 1 aromatic carbocycles. The van der Waals surface area contributed by atoms with Crippen LogP contribution in [0.15, 0.2) is 22.7 Å². The number of nitrogens with one attached hydrogen (secondary N) is 1. The molecule has 0 heterocycles. The van der Waals surface area contributed by atoms with E-state index in [1.807, 2.05) is 12.1 Å². The first-order valence-electron chi connectivity index (χ1n) is 4.05. The molecular weight excluding hydrogens is 232 g/mol. The molecule has 0 saturated heterocycles. The maximum absolute atomic E-state index is 4.91. The van der Waals surface area contributed by atoms with E-state index in [-0.39, 0.29) is 0 Å². The summed E-state index contributed by atoms with van der Waals surface area (Å²) < 4.78 is 1.09. The Morgan fingerprint density at radius 1 is 1.54 bits per heavy atom. The number of rotatable bonds is 4. The van der Waals surface area contributed by atoms with Crippen LogP contribution in [0.2, 0.25) is 0 Å². The van der Waals surface area contributed by atoms with Gasteiger partial charge >= 0.3 is 0 Å². The van der Waals surface area contributed by atoms with Crippen LogP contribution in [-0.2, 0) is 4.84 Å². The van der Waals surface area contributed by atoms with E-state index in [4.69, 9.17) is 5.90 Å². The zero-order chi connectivity index (χ0) is 9.68. The molecule has 13 heavy (non-hydrogen) atoms. The number of hydrogen-bond donors (Lipinski definition) is 2. The summed E-state index contributed by atoms with van der Waals surface area (Å²) in [5.74, 6) is 4.91. The van der Waals surface area contributed by atoms with Gasteiger partial charge in [0.1, 0.15) is 0 Å². The van der Waals surface area contributed by atoms with Crippen molar-refractivity contribution in [2.75, 3.05) is 18.5 Å². The average molecular weight is 245 g/mol. The maximum atomic E-state index is 4.91. The quantitative estimate of drug-likeness (QED) is 0.630. The SMILES string of the molecule is Cc1cc(Br)ccc1NCCON. The van der Waals surface area contributed by atoms with E-state index in [2.05, 4.69) is 39.1 Å². The van der Waals surface area contributed by atoms with E-state index in [0.29, 0.717) is 6.61 Å². The lowest BCUT2D eigenvalue weighted by Gasteiger charge is -2.08. The fourth-order valence-electron chi connectivity index (χ4n) is 1.07. The monoisotopic (exact) mass is 244 g/mol. The van der Waals surface area contributed by atoms with Crippen molar-refractivity contribution < 1.29 is 4.84 Å². The van der Waals surface area contributed by atoms with Gasteiger partial charge in [0.15, 0.2) is 0 Å². The summed E-state index contributed by atoms with van der Waals surface area (Å²) in [6.07, 6.45) is 0. The predicted molar refractivity (Wildman–Crippen MR) is 57.5 cm³/mol. The Balaban J connectivity index is 2.56. The summed E-state index contributed by atoms with van der Waals surface area (Å²) in [5.41, 5.74) is 2.31. The van der Waals surface area contributed by atoms with Gasteiger partial charge in [0.05, 0.1) is 6.61 Å². The van der Waals surface area contributed by atoms with Crippen molar-refractivity contribution in [3.63, 3.8) is 0 Å². The molecule has 4 heteroatoms. The second-order valence-corrected chi connectivity index (χ2v) is 3.67. The molecule has 3 nitrogen and oxygen atoms in total. The minimum Gasteiger partial charge on any atom is -0.382 e. The third-order valence-electron chi connectivity index (χ3n) is 1.72. The van der Waals surface area contributed by atoms with Crippen molar-refractivity contribution in [2.24, 2.45) is 5.90 Å². The molecule has 1 aromatic rings. The molecule has 0 aliphatic heterocycles. The van der Waals surface area contributed by atoms with E-state index in [1.165, 1.54) is 5.56 Å². The summed E-state index contributed by atoms with van der Waals surface area (Å²) >= 11 is 3.41. The fraction of sp³-hybridized carbons (Fsp3) is 0.333. The lowest BCUT2D eigenvalue weighted by Crippen LogP contribution is -2.12. The minimum atomic E-state index is 0.509. The highest BCUT2D eigenvalue weighted by molar-refractivity contribution is 9.10. The van der Waals surface area contributed by atoms with Gasteiger partial charge < -0.3 is 10.2 Å². The second kappa shape index (κ2) is 5.21. The third kappa shape index (κ3) is 3.34. The number of nitrogens with two attached hydrogens (primary N) is 1. The normalized spacial score (nSPS) is 10.1. The molecule has 3 N–H and O–H groups in total. The van der Waals surface area contributed by atoms with Crippen LogP contribution >= 0.6 is 15.9 Å². The van der Waals surface area contributed by atoms with Gasteiger partial charge in [-0.2, -0.15) is 0 Å². The Morgan fingerprint density at radius 2 is 2.31 bits per heavy atom. The highest BCUT2D eigenvalue weighted by Crippen LogP contribution is 2.19. The molecule has 0 unspecified atom stereocenters. The Morgan fingerprint density at radius 3 is 2.92 bits per heavy atom. The average Bonchev–Trinajstić information content (AvgIpc) is 2.09. The number of anilines is 1. The summed E-state index contributed by atoms with van der Waals surface area (Å²) in [5, 5.41) is 3.22. The van der Waals surface area contributed by atoms with Gasteiger partial charge in [-0.25, -0.2) is 5.90 Å². The lowest BCUT2D eigenvalue weighted by molar-refractivity contribution is 0.148. The van der Waals surface area contributed by atoms with Crippen molar-refractivity contribution in [1.29, 1.82) is 0 Å². The highest BCUT2D eigenvalue weighted by atomic mass is 79.9. The summed E-state index contributed by atoms with van der Waals surface area (Å²) in [6, 6.07) is 6.08. The summed E-state index contributed by atoms with van der Waals surface area (Å²) in [6.45, 7) is 3.28. The Bertz CT molecular complexity index is 278. The van der Waals surface area contributed by atoms with Crippen LogP contribution in [0.5, 0.6) is 0 Å². The number of halogens is 1. The lowest BCUT2D eigenvalue weighted by atomic mass is 10.2. The third-order valence-corrected chi connectivity index (χ3v) is 2.22. The maximum Gasteiger partial charge on any atom is 0.0851 e. The molecule has 0 aliphatic rings. The molecule has 0 atom stereocenters. The van der Waals surface area contributed by atoms with Crippen LogP contribution in [0, 0.1) is 6.92 Å². The number of aryl methyl sites for hydroxylation is 1. The minimum absolute atomic E-state index is 0.509. The van der Waals surface area contributed by atoms with Gasteiger partial charge in [-0.15, -0.1) is 0 Å². The first-order valence-corrected chi connectivity index (χ1v) is 4.85. The Labute approximate surface area is 86.4 Å². The first-order chi connectivity index (χ1) is 6.24. The molecule has 0 fully saturated rings. The van der Waals surface area contributed by atoms with E-state index < -0.39 is 0 Å². The van der Waals surface area contributed by atoms with Gasteiger partial charge in [0.2, 0.25) is 0 Å². The van der Waals surface area contributed by atoms with Crippen molar-refractivity contribution in [2.45, 2.75) is 6.92 Å². The van der Waals surface area contributed by atoms with E-state index in [9.17, 15) is 0 Å². The standard InChI is InChI=1S/C9H13BrN2O/c1-7-6-8(10)2-3-9(7)12-4-5-13-11/h2-3,6,12H,4-5,11H2,1H3. The van der Waals surface area contributed by atoms with E-state index in [1.54, 1.807) is 0 Å². The number of hydrogen-bond acceptors (Lipinski definition) is 3. The topological polar surface area (TPSA) is 47.3 Å². The van der Waals surface area contributed by atoms with Crippen LogP contribution in [0.4, 0.5) is 5.69 Å². The molecule has 0 saturated carbocycles. The van der Waals surface area contributed by atoms with Crippen LogP contribution in [0.25, 0.3) is 0 Å². The van der Waals surface area contributed by atoms with Gasteiger partial charge in [-0.05, 0) is 30.7 Å². The number of benzene rings is 1. The van der Waals surface area contributed by atoms with Crippen LogP contribution in [0.1, 0.15) is 5.56 Å². The zero-order valence-electron chi connectivity index (χ0n) is 7.51. The predicted octanol–water partition coefficient (Wildman–Crippen LogP) is 2.06. The molecule has 0 aromatic heterocycles. The van der Waals surface area contributed by atoms with Gasteiger partial charge in [-0.3, -0.25) is 0 Å². The zero-order valence-corrected chi connectivity index (χ0v) is 9.10. The Kier molecular flexibility index (Phi) is 4.21. The smallest absolute Gasteiger partial charge is 0.0851 e. The Hall–Kier alpha value is -0.580. The van der Waals surface area contributed by atoms with E-state index >= 15 is 0 Å². The fourth-order valence-corrected chi connectivity index (χ4v) is 1.55. The highest BCUT2D eigenvalue weighted by Gasteiger charge is 1.97. The molecular formula is C9H13BrN2O. The second-order valence-electron chi connectivity index (χ2n) is 2.76. The van der Waals surface area contributed by atoms with Crippen molar-refractivity contribution in [3.05, 3.63) is 28.2 Å². The van der Waals surface area contributed by atoms with Crippen LogP contribution < -0.4 is 11.2 Å². The first kappa shape index (κ1) is 10.5. The van der Waals surface area contributed by atoms with Crippen molar-refractivity contribution in [1.82, 2.24) is 0 Å². The molecule has 0 bridgehead atoms. The van der Waals surface area contributed by atoms with Gasteiger partial charge in [-0.1, -0.05) is 15.9 Å². The molecule has 72 valence electrons. The summed E-state index contributed by atoms with van der Waals surface area (Å²) in [4.78, 5) is 4.46. The largest absolute Gasteiger partial charge is 0.382 e. The molecule has 0 radical (unpaired) electrons.